The van der Waals surface area contributed by atoms with Crippen molar-refractivity contribution in [2.45, 2.75) is 45.3 Å². The summed E-state index contributed by atoms with van der Waals surface area (Å²) in [4.78, 5) is 40.2. The van der Waals surface area contributed by atoms with Gasteiger partial charge in [0, 0.05) is 23.0 Å². The maximum atomic E-state index is 12.0. The van der Waals surface area contributed by atoms with Crippen LogP contribution in [0.25, 0.3) is 0 Å². The Morgan fingerprint density at radius 2 is 1.70 bits per heavy atom. The molecule has 2 aliphatic rings. The van der Waals surface area contributed by atoms with Crippen LogP contribution in [0.5, 0.6) is 0 Å². The van der Waals surface area contributed by atoms with Gasteiger partial charge in [-0.05, 0) is 32.6 Å². The predicted molar refractivity (Wildman–Crippen MR) is 83.6 cm³/mol. The average molecular weight is 389 g/mol. The highest BCUT2D eigenvalue weighted by molar-refractivity contribution is 5.83. The standard InChI is InChI=1S/C14H17N3O3.C2HF3O2/c1-7-9(8(2)16-6-15-7)3-12(18)17-11-5-14(13(19)20)4-10(11)14;3-2(4,5)1(6)7/h6,10-11H,3-5H2,1-2H3,(H,17,18)(H,19,20);(H,6,7)/t10-,11+,14-;/m0./s1. The van der Waals surface area contributed by atoms with E-state index in [-0.39, 0.29) is 24.3 Å². The third-order valence-electron chi connectivity index (χ3n) is 4.93. The molecule has 0 aliphatic heterocycles. The van der Waals surface area contributed by atoms with E-state index < -0.39 is 23.5 Å². The Morgan fingerprint density at radius 1 is 1.19 bits per heavy atom. The number of aryl methyl sites for hydroxylation is 2. The van der Waals surface area contributed by atoms with Crippen LogP contribution in [0, 0.1) is 25.2 Å². The fraction of sp³-hybridized carbons (Fsp3) is 0.562. The maximum Gasteiger partial charge on any atom is 0.490 e. The van der Waals surface area contributed by atoms with Gasteiger partial charge in [0.25, 0.3) is 0 Å². The van der Waals surface area contributed by atoms with Gasteiger partial charge >= 0.3 is 18.1 Å². The first-order chi connectivity index (χ1) is 12.4. The molecule has 1 heterocycles. The number of carboxylic acids is 2. The summed E-state index contributed by atoms with van der Waals surface area (Å²) in [5.74, 6) is -3.44. The lowest BCUT2D eigenvalue weighted by molar-refractivity contribution is -0.192. The maximum absolute atomic E-state index is 12.0. The molecule has 1 amide bonds. The smallest absolute Gasteiger partial charge is 0.481 e. The van der Waals surface area contributed by atoms with Crippen LogP contribution in [-0.2, 0) is 20.8 Å². The molecular formula is C16H18F3N3O5. The van der Waals surface area contributed by atoms with Crippen LogP contribution in [-0.4, -0.2) is 50.2 Å². The summed E-state index contributed by atoms with van der Waals surface area (Å²) < 4.78 is 31.7. The molecule has 3 N–H and O–H groups in total. The first-order valence-electron chi connectivity index (χ1n) is 7.98. The molecule has 148 valence electrons. The topological polar surface area (TPSA) is 129 Å². The van der Waals surface area contributed by atoms with Crippen molar-refractivity contribution in [1.82, 2.24) is 15.3 Å². The zero-order chi connectivity index (χ0) is 20.6. The van der Waals surface area contributed by atoms with Crippen LogP contribution >= 0.6 is 0 Å². The number of aliphatic carboxylic acids is 2. The van der Waals surface area contributed by atoms with Gasteiger partial charge in [0.2, 0.25) is 5.91 Å². The second kappa shape index (κ2) is 7.12. The zero-order valence-corrected chi connectivity index (χ0v) is 14.5. The van der Waals surface area contributed by atoms with Crippen molar-refractivity contribution in [3.63, 3.8) is 0 Å². The summed E-state index contributed by atoms with van der Waals surface area (Å²) >= 11 is 0. The van der Waals surface area contributed by atoms with Crippen molar-refractivity contribution in [1.29, 1.82) is 0 Å². The molecule has 2 aliphatic carbocycles. The number of nitrogens with one attached hydrogen (secondary N) is 1. The lowest BCUT2D eigenvalue weighted by Crippen LogP contribution is -2.48. The Kier molecular flexibility index (Phi) is 5.43. The third-order valence-corrected chi connectivity index (χ3v) is 4.93. The van der Waals surface area contributed by atoms with Crippen LogP contribution in [0.3, 0.4) is 0 Å². The summed E-state index contributed by atoms with van der Waals surface area (Å²) in [6.45, 7) is 3.72. The molecule has 11 heteroatoms. The van der Waals surface area contributed by atoms with Gasteiger partial charge in [0.1, 0.15) is 6.33 Å². The van der Waals surface area contributed by atoms with E-state index in [0.717, 1.165) is 17.0 Å². The third kappa shape index (κ3) is 4.34. The number of hydrogen-bond donors (Lipinski definition) is 3. The molecule has 3 rings (SSSR count). The Labute approximate surface area is 151 Å². The van der Waals surface area contributed by atoms with Crippen molar-refractivity contribution < 1.29 is 37.8 Å². The summed E-state index contributed by atoms with van der Waals surface area (Å²) in [6.07, 6.45) is -2.09. The van der Waals surface area contributed by atoms with E-state index in [1.807, 2.05) is 13.8 Å². The number of halogens is 3. The van der Waals surface area contributed by atoms with Gasteiger partial charge < -0.3 is 15.5 Å². The van der Waals surface area contributed by atoms with Crippen LogP contribution in [0.15, 0.2) is 6.33 Å². The van der Waals surface area contributed by atoms with E-state index in [1.165, 1.54) is 6.33 Å². The second-order valence-corrected chi connectivity index (χ2v) is 6.65. The van der Waals surface area contributed by atoms with Crippen molar-refractivity contribution in [3.05, 3.63) is 23.3 Å². The minimum absolute atomic E-state index is 0.0174. The number of rotatable bonds is 4. The SMILES string of the molecule is Cc1ncnc(C)c1CC(=O)N[C@@H]1C[C@@]2(C(=O)O)C[C@@H]12.O=C(O)C(F)(F)F. The van der Waals surface area contributed by atoms with Crippen molar-refractivity contribution in [3.8, 4) is 0 Å². The first kappa shape index (κ1) is 20.6. The minimum atomic E-state index is -5.08. The molecule has 0 spiro atoms. The highest BCUT2D eigenvalue weighted by Crippen LogP contribution is 2.67. The van der Waals surface area contributed by atoms with Gasteiger partial charge in [-0.2, -0.15) is 13.2 Å². The fourth-order valence-electron chi connectivity index (χ4n) is 3.25. The Morgan fingerprint density at radius 3 is 2.07 bits per heavy atom. The lowest BCUT2D eigenvalue weighted by Gasteiger charge is -2.32. The minimum Gasteiger partial charge on any atom is -0.481 e. The molecule has 2 saturated carbocycles. The van der Waals surface area contributed by atoms with Gasteiger partial charge in [-0.15, -0.1) is 0 Å². The summed E-state index contributed by atoms with van der Waals surface area (Å²) in [5, 5.41) is 19.1. The summed E-state index contributed by atoms with van der Waals surface area (Å²) in [5.41, 5.74) is 1.95. The molecule has 0 bridgehead atoms. The number of hydrogen-bond acceptors (Lipinski definition) is 5. The number of amides is 1. The second-order valence-electron chi connectivity index (χ2n) is 6.65. The largest absolute Gasteiger partial charge is 0.490 e. The molecule has 1 aromatic rings. The van der Waals surface area contributed by atoms with Gasteiger partial charge in [0.05, 0.1) is 11.8 Å². The van der Waals surface area contributed by atoms with E-state index >= 15 is 0 Å². The fourth-order valence-corrected chi connectivity index (χ4v) is 3.25. The molecule has 0 saturated heterocycles. The highest BCUT2D eigenvalue weighted by atomic mass is 19.4. The normalized spacial score (nSPS) is 25.2. The molecular weight excluding hydrogens is 371 g/mol. The molecule has 0 aromatic carbocycles. The zero-order valence-electron chi connectivity index (χ0n) is 14.5. The van der Waals surface area contributed by atoms with E-state index in [1.54, 1.807) is 0 Å². The van der Waals surface area contributed by atoms with Crippen LogP contribution in [0.4, 0.5) is 13.2 Å². The molecule has 0 radical (unpaired) electrons. The monoisotopic (exact) mass is 389 g/mol. The number of carbonyl (C=O) groups is 3. The van der Waals surface area contributed by atoms with E-state index in [9.17, 15) is 22.8 Å². The van der Waals surface area contributed by atoms with Gasteiger partial charge in [-0.1, -0.05) is 0 Å². The van der Waals surface area contributed by atoms with Crippen LogP contribution in [0.1, 0.15) is 29.8 Å². The summed E-state index contributed by atoms with van der Waals surface area (Å²) in [6, 6.07) is 0.0174. The van der Waals surface area contributed by atoms with Crippen LogP contribution < -0.4 is 5.32 Å². The molecule has 8 nitrogen and oxygen atoms in total. The van der Waals surface area contributed by atoms with E-state index in [0.29, 0.717) is 12.8 Å². The number of nitrogens with zero attached hydrogens (tertiary/aromatic N) is 2. The molecule has 0 unspecified atom stereocenters. The Bertz CT molecular complexity index is 763. The molecule has 2 fully saturated rings. The van der Waals surface area contributed by atoms with Crippen molar-refractivity contribution in [2.24, 2.45) is 11.3 Å². The van der Waals surface area contributed by atoms with Crippen molar-refractivity contribution >= 4 is 17.8 Å². The number of alkyl halides is 3. The van der Waals surface area contributed by atoms with Crippen molar-refractivity contribution in [2.75, 3.05) is 0 Å². The number of carbonyl (C=O) groups excluding carboxylic acids is 1. The predicted octanol–water partition coefficient (Wildman–Crippen LogP) is 1.25. The Hall–Kier alpha value is -2.72. The molecule has 1 aromatic heterocycles. The van der Waals surface area contributed by atoms with Gasteiger partial charge in [-0.25, -0.2) is 14.8 Å². The average Bonchev–Trinajstić information content (AvgIpc) is 3.15. The van der Waals surface area contributed by atoms with E-state index in [4.69, 9.17) is 15.0 Å². The Balaban J connectivity index is 0.000000321. The lowest BCUT2D eigenvalue weighted by atomic mass is 9.80. The summed E-state index contributed by atoms with van der Waals surface area (Å²) in [7, 11) is 0. The highest BCUT2D eigenvalue weighted by Gasteiger charge is 2.72. The van der Waals surface area contributed by atoms with Gasteiger partial charge in [0.15, 0.2) is 0 Å². The molecule has 3 atom stereocenters. The van der Waals surface area contributed by atoms with Crippen LogP contribution in [0.2, 0.25) is 0 Å². The number of fused-ring (bicyclic) bond motifs is 1. The first-order valence-corrected chi connectivity index (χ1v) is 7.98. The van der Waals surface area contributed by atoms with E-state index in [2.05, 4.69) is 15.3 Å². The number of aromatic nitrogens is 2. The van der Waals surface area contributed by atoms with Gasteiger partial charge in [-0.3, -0.25) is 9.59 Å². The number of carboxylic acid groups (broad SMARTS) is 2. The quantitative estimate of drug-likeness (QED) is 0.707. The molecule has 27 heavy (non-hydrogen) atoms.